The van der Waals surface area contributed by atoms with Gasteiger partial charge in [-0.3, -0.25) is 14.6 Å². The number of anilines is 3. The van der Waals surface area contributed by atoms with E-state index in [1.165, 1.54) is 12.3 Å². The van der Waals surface area contributed by atoms with Crippen molar-refractivity contribution in [2.75, 3.05) is 29.4 Å². The lowest BCUT2D eigenvalue weighted by Gasteiger charge is -2.32. The zero-order valence-corrected chi connectivity index (χ0v) is 19.0. The molecule has 178 valence electrons. The van der Waals surface area contributed by atoms with Gasteiger partial charge in [-0.2, -0.15) is 0 Å². The molecule has 0 saturated carbocycles. The Labute approximate surface area is 194 Å². The number of aryl methyl sites for hydroxylation is 3. The normalized spacial score (nSPS) is 18.1. The molecule has 0 radical (unpaired) electrons. The monoisotopic (exact) mass is 469 g/mol. The van der Waals surface area contributed by atoms with E-state index in [-0.39, 0.29) is 11.1 Å². The van der Waals surface area contributed by atoms with Crippen LogP contribution in [-0.4, -0.2) is 45.2 Å². The lowest BCUT2D eigenvalue weighted by atomic mass is 10.0. The van der Waals surface area contributed by atoms with Crippen LogP contribution in [0.25, 0.3) is 10.9 Å². The summed E-state index contributed by atoms with van der Waals surface area (Å²) >= 11 is 0. The number of rotatable bonds is 4. The molecule has 8 nitrogen and oxygen atoms in total. The summed E-state index contributed by atoms with van der Waals surface area (Å²) in [5, 5.41) is 10.2. The second-order valence-corrected chi connectivity index (χ2v) is 8.99. The van der Waals surface area contributed by atoms with Gasteiger partial charge < -0.3 is 19.5 Å². The minimum atomic E-state index is -2.64. The molecule has 0 aliphatic carbocycles. The maximum atomic E-state index is 13.5. The molecule has 1 unspecified atom stereocenters. The zero-order valence-electron chi connectivity index (χ0n) is 19.0. The molecule has 1 N–H and O–H groups in total. The number of carboxylic acid groups (broad SMARTS) is 1. The number of fused-ring (bicyclic) bond motifs is 2. The lowest BCUT2D eigenvalue weighted by Crippen LogP contribution is -2.29. The summed E-state index contributed by atoms with van der Waals surface area (Å²) in [6.45, 7) is 3.15. The number of aliphatic carboxylic acids is 1. The average molecular weight is 469 g/mol. The van der Waals surface area contributed by atoms with Crippen molar-refractivity contribution in [1.82, 2.24) is 14.5 Å². The largest absolute Gasteiger partial charge is 0.481 e. The van der Waals surface area contributed by atoms with E-state index in [4.69, 9.17) is 4.98 Å². The van der Waals surface area contributed by atoms with Crippen LogP contribution in [-0.2, 0) is 18.3 Å². The summed E-state index contributed by atoms with van der Waals surface area (Å²) in [6.07, 6.45) is 0.538. The van der Waals surface area contributed by atoms with Crippen LogP contribution < -0.4 is 15.4 Å². The van der Waals surface area contributed by atoms with Crippen LogP contribution in [0.15, 0.2) is 29.2 Å². The third kappa shape index (κ3) is 3.66. The van der Waals surface area contributed by atoms with Gasteiger partial charge in [0, 0.05) is 55.5 Å². The number of aromatic nitrogens is 3. The molecular weight excluding hydrogens is 444 g/mol. The standard InChI is InChI=1S/C24H25F2N5O3/c1-13-8-16-18(29(2)23(13)32)10-20(30-7-5-14(12-30)24(33)34)28-22(16)31-6-3-4-17-19(31)9-15(11-27-17)21(25)26/h8-11,14,21H,3-7,12H2,1-2H3,(H,33,34). The first kappa shape index (κ1) is 22.2. The van der Waals surface area contributed by atoms with Crippen molar-refractivity contribution in [2.45, 2.75) is 32.6 Å². The molecule has 1 saturated heterocycles. The van der Waals surface area contributed by atoms with Crippen LogP contribution >= 0.6 is 0 Å². The van der Waals surface area contributed by atoms with E-state index in [0.717, 1.165) is 17.5 Å². The number of pyridine rings is 3. The molecular formula is C24H25F2N5O3. The number of hydrogen-bond acceptors (Lipinski definition) is 6. The highest BCUT2D eigenvalue weighted by atomic mass is 19.3. The smallest absolute Gasteiger partial charge is 0.308 e. The Morgan fingerprint density at radius 1 is 1.24 bits per heavy atom. The van der Waals surface area contributed by atoms with Crippen LogP contribution in [0.4, 0.5) is 26.1 Å². The fourth-order valence-electron chi connectivity index (χ4n) is 4.91. The van der Waals surface area contributed by atoms with Crippen LogP contribution in [0.2, 0.25) is 0 Å². The second-order valence-electron chi connectivity index (χ2n) is 8.99. The average Bonchev–Trinajstić information content (AvgIpc) is 3.32. The molecule has 2 aliphatic rings. The van der Waals surface area contributed by atoms with Gasteiger partial charge in [0.1, 0.15) is 11.6 Å². The van der Waals surface area contributed by atoms with Gasteiger partial charge in [0.05, 0.1) is 22.8 Å². The first-order valence-corrected chi connectivity index (χ1v) is 11.3. The number of alkyl halides is 2. The van der Waals surface area contributed by atoms with Crippen LogP contribution in [0.1, 0.15) is 36.1 Å². The molecule has 5 rings (SSSR count). The van der Waals surface area contributed by atoms with Gasteiger partial charge in [0.15, 0.2) is 0 Å². The molecule has 5 heterocycles. The van der Waals surface area contributed by atoms with E-state index in [2.05, 4.69) is 4.98 Å². The first-order valence-electron chi connectivity index (χ1n) is 11.3. The van der Waals surface area contributed by atoms with Crippen molar-refractivity contribution in [3.05, 3.63) is 51.6 Å². The Balaban J connectivity index is 1.72. The zero-order chi connectivity index (χ0) is 24.1. The number of nitrogens with zero attached hydrogens (tertiary/aromatic N) is 5. The van der Waals surface area contributed by atoms with E-state index in [0.29, 0.717) is 60.9 Å². The van der Waals surface area contributed by atoms with Gasteiger partial charge in [-0.25, -0.2) is 13.8 Å². The van der Waals surface area contributed by atoms with Gasteiger partial charge in [0.25, 0.3) is 12.0 Å². The highest BCUT2D eigenvalue weighted by molar-refractivity contribution is 5.95. The Bertz CT molecular complexity index is 1360. The van der Waals surface area contributed by atoms with Gasteiger partial charge in [-0.15, -0.1) is 0 Å². The van der Waals surface area contributed by atoms with Gasteiger partial charge in [0.2, 0.25) is 0 Å². The SMILES string of the molecule is Cc1cc2c(N3CCCc4ncc(C(F)F)cc43)nc(N3CCC(C(=O)O)C3)cc2n(C)c1=O. The minimum absolute atomic E-state index is 0.138. The Morgan fingerprint density at radius 3 is 2.74 bits per heavy atom. The molecule has 0 aromatic carbocycles. The van der Waals surface area contributed by atoms with E-state index in [1.54, 1.807) is 24.6 Å². The van der Waals surface area contributed by atoms with Crippen molar-refractivity contribution in [2.24, 2.45) is 13.0 Å². The topological polar surface area (TPSA) is 91.6 Å². The molecule has 3 aromatic rings. The van der Waals surface area contributed by atoms with E-state index >= 15 is 0 Å². The number of hydrogen-bond donors (Lipinski definition) is 1. The molecule has 1 atom stereocenters. The van der Waals surface area contributed by atoms with E-state index in [1.807, 2.05) is 15.9 Å². The lowest BCUT2D eigenvalue weighted by molar-refractivity contribution is -0.140. The number of carboxylic acids is 1. The molecule has 34 heavy (non-hydrogen) atoms. The predicted octanol–water partition coefficient (Wildman–Crippen LogP) is 3.57. The van der Waals surface area contributed by atoms with Gasteiger partial charge in [-0.05, 0) is 38.3 Å². The van der Waals surface area contributed by atoms with Gasteiger partial charge >= 0.3 is 5.97 Å². The molecule has 0 bridgehead atoms. The maximum absolute atomic E-state index is 13.5. The van der Waals surface area contributed by atoms with Crippen molar-refractivity contribution in [3.63, 3.8) is 0 Å². The summed E-state index contributed by atoms with van der Waals surface area (Å²) in [5.74, 6) is -0.215. The van der Waals surface area contributed by atoms with Crippen LogP contribution in [0.3, 0.4) is 0 Å². The molecule has 3 aromatic heterocycles. The maximum Gasteiger partial charge on any atom is 0.308 e. The number of halogens is 2. The third-order valence-electron chi connectivity index (χ3n) is 6.79. The minimum Gasteiger partial charge on any atom is -0.481 e. The van der Waals surface area contributed by atoms with Crippen molar-refractivity contribution < 1.29 is 18.7 Å². The van der Waals surface area contributed by atoms with Crippen molar-refractivity contribution in [1.29, 1.82) is 0 Å². The summed E-state index contributed by atoms with van der Waals surface area (Å²) in [7, 11) is 1.69. The first-order chi connectivity index (χ1) is 16.2. The quantitative estimate of drug-likeness (QED) is 0.625. The predicted molar refractivity (Wildman–Crippen MR) is 124 cm³/mol. The Morgan fingerprint density at radius 2 is 2.03 bits per heavy atom. The van der Waals surface area contributed by atoms with Crippen molar-refractivity contribution in [3.8, 4) is 0 Å². The summed E-state index contributed by atoms with van der Waals surface area (Å²) in [5.41, 5.74) is 2.23. The molecule has 1 fully saturated rings. The Hall–Kier alpha value is -3.56. The second kappa shape index (κ2) is 8.34. The summed E-state index contributed by atoms with van der Waals surface area (Å²) < 4.78 is 28.5. The van der Waals surface area contributed by atoms with Crippen LogP contribution in [0, 0.1) is 12.8 Å². The van der Waals surface area contributed by atoms with E-state index in [9.17, 15) is 23.5 Å². The van der Waals surface area contributed by atoms with Crippen molar-refractivity contribution >= 4 is 34.2 Å². The third-order valence-corrected chi connectivity index (χ3v) is 6.79. The van der Waals surface area contributed by atoms with Gasteiger partial charge in [-0.1, -0.05) is 0 Å². The summed E-state index contributed by atoms with van der Waals surface area (Å²) in [4.78, 5) is 37.2. The Kier molecular flexibility index (Phi) is 5.45. The molecule has 2 aliphatic heterocycles. The van der Waals surface area contributed by atoms with E-state index < -0.39 is 18.3 Å². The summed E-state index contributed by atoms with van der Waals surface area (Å²) in [6, 6.07) is 5.06. The molecule has 0 spiro atoms. The fraction of sp³-hybridized carbons (Fsp3) is 0.417. The highest BCUT2D eigenvalue weighted by Crippen LogP contribution is 2.39. The molecule has 0 amide bonds. The van der Waals surface area contributed by atoms with Crippen LogP contribution in [0.5, 0.6) is 0 Å². The molecule has 10 heteroatoms. The number of carbonyl (C=O) groups is 1. The highest BCUT2D eigenvalue weighted by Gasteiger charge is 2.31. The fourth-order valence-corrected chi connectivity index (χ4v) is 4.91.